The lowest BCUT2D eigenvalue weighted by atomic mass is 10.1. The van der Waals surface area contributed by atoms with Crippen molar-refractivity contribution < 1.29 is 4.79 Å². The van der Waals surface area contributed by atoms with Crippen LogP contribution in [0.25, 0.3) is 0 Å². The fraction of sp³-hybridized carbons (Fsp3) is 0.692. The Bertz CT molecular complexity index is 395. The second kappa shape index (κ2) is 6.00. The van der Waals surface area contributed by atoms with Gasteiger partial charge in [0.15, 0.2) is 0 Å². The van der Waals surface area contributed by atoms with E-state index in [1.807, 2.05) is 17.7 Å². The number of hydrogen-bond acceptors (Lipinski definition) is 3. The third kappa shape index (κ3) is 2.72. The maximum atomic E-state index is 12.0. The van der Waals surface area contributed by atoms with Crippen LogP contribution in [0.1, 0.15) is 44.3 Å². The molecule has 1 amide bonds. The zero-order valence-electron chi connectivity index (χ0n) is 11.1. The molecular formula is C13H22N4O. The molecule has 1 aromatic rings. The van der Waals surface area contributed by atoms with Crippen molar-refractivity contribution in [1.29, 1.82) is 0 Å². The van der Waals surface area contributed by atoms with Crippen LogP contribution in [-0.2, 0) is 4.79 Å². The lowest BCUT2D eigenvalue weighted by Gasteiger charge is -2.18. The van der Waals surface area contributed by atoms with E-state index < -0.39 is 0 Å². The SMILES string of the molecule is CCCNC(=O)C(C)n1cncc1C1CCNC1. The van der Waals surface area contributed by atoms with Gasteiger partial charge in [0, 0.05) is 30.9 Å². The average molecular weight is 250 g/mol. The molecule has 0 aromatic carbocycles. The summed E-state index contributed by atoms with van der Waals surface area (Å²) >= 11 is 0. The summed E-state index contributed by atoms with van der Waals surface area (Å²) < 4.78 is 2.00. The molecule has 18 heavy (non-hydrogen) atoms. The number of imidazole rings is 1. The minimum atomic E-state index is -0.186. The van der Waals surface area contributed by atoms with Crippen molar-refractivity contribution in [3.05, 3.63) is 18.2 Å². The third-order valence-corrected chi connectivity index (χ3v) is 3.52. The summed E-state index contributed by atoms with van der Waals surface area (Å²) in [6.45, 7) is 6.75. The molecule has 2 unspecified atom stereocenters. The van der Waals surface area contributed by atoms with Crippen LogP contribution in [0, 0.1) is 0 Å². The highest BCUT2D eigenvalue weighted by Crippen LogP contribution is 2.24. The van der Waals surface area contributed by atoms with Crippen LogP contribution in [0.4, 0.5) is 0 Å². The number of aromatic nitrogens is 2. The first-order valence-corrected chi connectivity index (χ1v) is 6.74. The van der Waals surface area contributed by atoms with Crippen molar-refractivity contribution in [3.63, 3.8) is 0 Å². The normalized spacial score (nSPS) is 20.9. The topological polar surface area (TPSA) is 59.0 Å². The molecule has 100 valence electrons. The van der Waals surface area contributed by atoms with E-state index in [4.69, 9.17) is 0 Å². The van der Waals surface area contributed by atoms with Crippen LogP contribution in [0.2, 0.25) is 0 Å². The number of rotatable bonds is 5. The Morgan fingerprint density at radius 3 is 3.22 bits per heavy atom. The zero-order chi connectivity index (χ0) is 13.0. The molecule has 0 saturated carbocycles. The van der Waals surface area contributed by atoms with Gasteiger partial charge >= 0.3 is 0 Å². The summed E-state index contributed by atoms with van der Waals surface area (Å²) in [5.74, 6) is 0.552. The molecule has 1 saturated heterocycles. The summed E-state index contributed by atoms with van der Waals surface area (Å²) in [4.78, 5) is 16.2. The fourth-order valence-corrected chi connectivity index (χ4v) is 2.38. The number of nitrogens with zero attached hydrogens (tertiary/aromatic N) is 2. The Morgan fingerprint density at radius 1 is 1.72 bits per heavy atom. The number of hydrogen-bond donors (Lipinski definition) is 2. The van der Waals surface area contributed by atoms with Crippen molar-refractivity contribution in [2.24, 2.45) is 0 Å². The third-order valence-electron chi connectivity index (χ3n) is 3.52. The largest absolute Gasteiger partial charge is 0.354 e. The summed E-state index contributed by atoms with van der Waals surface area (Å²) in [7, 11) is 0. The van der Waals surface area contributed by atoms with E-state index >= 15 is 0 Å². The van der Waals surface area contributed by atoms with Gasteiger partial charge in [-0.3, -0.25) is 4.79 Å². The van der Waals surface area contributed by atoms with E-state index in [0.717, 1.165) is 32.5 Å². The number of carbonyl (C=O) groups is 1. The highest BCUT2D eigenvalue weighted by molar-refractivity contribution is 5.79. The Balaban J connectivity index is 2.07. The quantitative estimate of drug-likeness (QED) is 0.821. The molecule has 0 bridgehead atoms. The van der Waals surface area contributed by atoms with Gasteiger partial charge in [-0.2, -0.15) is 0 Å². The predicted molar refractivity (Wildman–Crippen MR) is 70.5 cm³/mol. The molecule has 2 N–H and O–H groups in total. The van der Waals surface area contributed by atoms with Gasteiger partial charge in [-0.25, -0.2) is 4.98 Å². The molecule has 2 rings (SSSR count). The Kier molecular flexibility index (Phi) is 4.36. The maximum absolute atomic E-state index is 12.0. The highest BCUT2D eigenvalue weighted by atomic mass is 16.2. The minimum absolute atomic E-state index is 0.0713. The smallest absolute Gasteiger partial charge is 0.242 e. The van der Waals surface area contributed by atoms with Gasteiger partial charge in [0.25, 0.3) is 0 Å². The van der Waals surface area contributed by atoms with Crippen molar-refractivity contribution >= 4 is 5.91 Å². The molecule has 2 atom stereocenters. The van der Waals surface area contributed by atoms with Crippen molar-refractivity contribution in [2.75, 3.05) is 19.6 Å². The van der Waals surface area contributed by atoms with Gasteiger partial charge in [0.1, 0.15) is 6.04 Å². The van der Waals surface area contributed by atoms with E-state index in [0.29, 0.717) is 5.92 Å². The van der Waals surface area contributed by atoms with Gasteiger partial charge in [-0.15, -0.1) is 0 Å². The second-order valence-electron chi connectivity index (χ2n) is 4.88. The number of amides is 1. The van der Waals surface area contributed by atoms with Gasteiger partial charge in [-0.1, -0.05) is 6.92 Å². The molecule has 1 fully saturated rings. The van der Waals surface area contributed by atoms with E-state index in [-0.39, 0.29) is 11.9 Å². The Labute approximate surface area is 108 Å². The van der Waals surface area contributed by atoms with Crippen molar-refractivity contribution in [2.45, 2.75) is 38.6 Å². The first-order chi connectivity index (χ1) is 8.74. The van der Waals surface area contributed by atoms with Gasteiger partial charge in [-0.05, 0) is 26.3 Å². The molecule has 1 aromatic heterocycles. The molecule has 0 aliphatic carbocycles. The predicted octanol–water partition coefficient (Wildman–Crippen LogP) is 1.05. The van der Waals surface area contributed by atoms with Crippen LogP contribution >= 0.6 is 0 Å². The van der Waals surface area contributed by atoms with Crippen LogP contribution < -0.4 is 10.6 Å². The van der Waals surface area contributed by atoms with E-state index in [1.165, 1.54) is 5.69 Å². The Morgan fingerprint density at radius 2 is 2.56 bits per heavy atom. The maximum Gasteiger partial charge on any atom is 0.242 e. The monoisotopic (exact) mass is 250 g/mol. The lowest BCUT2D eigenvalue weighted by Crippen LogP contribution is -2.32. The van der Waals surface area contributed by atoms with Crippen LogP contribution in [0.15, 0.2) is 12.5 Å². The fourth-order valence-electron chi connectivity index (χ4n) is 2.38. The van der Waals surface area contributed by atoms with Crippen molar-refractivity contribution in [3.8, 4) is 0 Å². The van der Waals surface area contributed by atoms with E-state index in [2.05, 4.69) is 22.5 Å². The molecule has 5 nitrogen and oxygen atoms in total. The zero-order valence-corrected chi connectivity index (χ0v) is 11.1. The first-order valence-electron chi connectivity index (χ1n) is 6.74. The molecular weight excluding hydrogens is 228 g/mol. The van der Waals surface area contributed by atoms with Crippen molar-refractivity contribution in [1.82, 2.24) is 20.2 Å². The molecule has 5 heteroatoms. The standard InChI is InChI=1S/C13H22N4O/c1-3-5-16-13(18)10(2)17-9-15-8-12(17)11-4-6-14-7-11/h8-11,14H,3-7H2,1-2H3,(H,16,18). The molecule has 0 spiro atoms. The van der Waals surface area contributed by atoms with E-state index in [9.17, 15) is 4.79 Å². The highest BCUT2D eigenvalue weighted by Gasteiger charge is 2.24. The molecule has 1 aliphatic heterocycles. The van der Waals surface area contributed by atoms with Crippen LogP contribution in [0.5, 0.6) is 0 Å². The summed E-state index contributed by atoms with van der Waals surface area (Å²) in [6.07, 6.45) is 5.74. The summed E-state index contributed by atoms with van der Waals surface area (Å²) in [5, 5.41) is 6.28. The number of nitrogens with one attached hydrogen (secondary N) is 2. The van der Waals surface area contributed by atoms with Crippen LogP contribution in [0.3, 0.4) is 0 Å². The second-order valence-corrected chi connectivity index (χ2v) is 4.88. The van der Waals surface area contributed by atoms with E-state index in [1.54, 1.807) is 6.33 Å². The minimum Gasteiger partial charge on any atom is -0.354 e. The lowest BCUT2D eigenvalue weighted by molar-refractivity contribution is -0.123. The average Bonchev–Trinajstić information content (AvgIpc) is 3.03. The summed E-state index contributed by atoms with van der Waals surface area (Å²) in [5.41, 5.74) is 1.17. The molecule has 1 aliphatic rings. The van der Waals surface area contributed by atoms with Gasteiger partial charge in [0.2, 0.25) is 5.91 Å². The van der Waals surface area contributed by atoms with Crippen LogP contribution in [-0.4, -0.2) is 35.1 Å². The molecule has 0 radical (unpaired) electrons. The Hall–Kier alpha value is -1.36. The molecule has 2 heterocycles. The number of carbonyl (C=O) groups excluding carboxylic acids is 1. The first kappa shape index (κ1) is 13.1. The van der Waals surface area contributed by atoms with Gasteiger partial charge in [0.05, 0.1) is 6.33 Å². The van der Waals surface area contributed by atoms with Gasteiger partial charge < -0.3 is 15.2 Å². The summed E-state index contributed by atoms with van der Waals surface area (Å²) in [6, 6.07) is -0.186.